The number of nitrogens with one attached hydrogen (secondary N) is 1. The molecule has 2 nitrogen and oxygen atoms in total. The third kappa shape index (κ3) is 4.11. The maximum atomic E-state index is 12.0. The highest BCUT2D eigenvalue weighted by atomic mass is 79.9. The van der Waals surface area contributed by atoms with Crippen LogP contribution in [0.3, 0.4) is 0 Å². The molecule has 0 aliphatic heterocycles. The van der Waals surface area contributed by atoms with Crippen LogP contribution in [0.25, 0.3) is 0 Å². The van der Waals surface area contributed by atoms with Crippen molar-refractivity contribution in [2.75, 3.05) is 5.32 Å². The molecule has 0 aliphatic rings. The average Bonchev–Trinajstić information content (AvgIpc) is 2.36. The lowest BCUT2D eigenvalue weighted by molar-refractivity contribution is -0.115. The third-order valence-electron chi connectivity index (χ3n) is 2.70. The van der Waals surface area contributed by atoms with Gasteiger partial charge in [0.25, 0.3) is 0 Å². The number of rotatable bonds is 3. The predicted octanol–water partition coefficient (Wildman–Crippen LogP) is 4.23. The maximum Gasteiger partial charge on any atom is 0.228 e. The predicted molar refractivity (Wildman–Crippen MR) is 84.9 cm³/mol. The Morgan fingerprint density at radius 1 is 1.21 bits per heavy atom. The molecule has 0 saturated carbocycles. The van der Waals surface area contributed by atoms with Crippen molar-refractivity contribution < 1.29 is 4.79 Å². The third-order valence-corrected chi connectivity index (χ3v) is 3.65. The van der Waals surface area contributed by atoms with Crippen LogP contribution in [0.4, 0.5) is 5.69 Å². The summed E-state index contributed by atoms with van der Waals surface area (Å²) in [6.45, 7) is 2.01. The molecule has 4 heteroatoms. The monoisotopic (exact) mass is 335 g/mol. The molecule has 1 amide bonds. The highest BCUT2D eigenvalue weighted by molar-refractivity contribution is 9.10. The number of halogens is 1. The zero-order valence-corrected chi connectivity index (χ0v) is 13.0. The van der Waals surface area contributed by atoms with Crippen molar-refractivity contribution in [2.45, 2.75) is 18.2 Å². The van der Waals surface area contributed by atoms with E-state index in [9.17, 15) is 4.79 Å². The van der Waals surface area contributed by atoms with Gasteiger partial charge in [-0.2, -0.15) is 0 Å². The normalized spacial score (nSPS) is 10.3. The molecular weight excluding hydrogens is 322 g/mol. The molecule has 0 atom stereocenters. The molecule has 0 radical (unpaired) electrons. The number of benzene rings is 2. The molecule has 0 aromatic heterocycles. The van der Waals surface area contributed by atoms with Crippen molar-refractivity contribution >= 4 is 40.2 Å². The molecule has 0 spiro atoms. The van der Waals surface area contributed by atoms with Crippen LogP contribution >= 0.6 is 28.6 Å². The Morgan fingerprint density at radius 2 is 1.89 bits per heavy atom. The SMILES string of the molecule is Cc1ccc(NC(=O)Cc2ccc(S)cc2)c(Br)c1. The van der Waals surface area contributed by atoms with Gasteiger partial charge in [0.05, 0.1) is 12.1 Å². The summed E-state index contributed by atoms with van der Waals surface area (Å²) < 4.78 is 0.895. The van der Waals surface area contributed by atoms with Crippen molar-refractivity contribution in [1.29, 1.82) is 0 Å². The number of hydrogen-bond acceptors (Lipinski definition) is 2. The van der Waals surface area contributed by atoms with Crippen LogP contribution in [0.5, 0.6) is 0 Å². The molecule has 0 aliphatic carbocycles. The summed E-state index contributed by atoms with van der Waals surface area (Å²) in [4.78, 5) is 12.8. The fourth-order valence-electron chi connectivity index (χ4n) is 1.72. The molecule has 2 aromatic carbocycles. The molecular formula is C15H14BrNOS. The van der Waals surface area contributed by atoms with Crippen LogP contribution in [-0.2, 0) is 11.2 Å². The summed E-state index contributed by atoms with van der Waals surface area (Å²) in [5.41, 5.74) is 2.91. The molecule has 0 heterocycles. The van der Waals surface area contributed by atoms with Gasteiger partial charge in [0, 0.05) is 9.37 Å². The summed E-state index contributed by atoms with van der Waals surface area (Å²) in [5, 5.41) is 2.90. The van der Waals surface area contributed by atoms with E-state index in [2.05, 4.69) is 33.9 Å². The summed E-state index contributed by atoms with van der Waals surface area (Å²) in [5.74, 6) is -0.0310. The number of carbonyl (C=O) groups excluding carboxylic acids is 1. The maximum absolute atomic E-state index is 12.0. The van der Waals surface area contributed by atoms with Crippen molar-refractivity contribution in [3.63, 3.8) is 0 Å². The summed E-state index contributed by atoms with van der Waals surface area (Å²) >= 11 is 7.66. The first kappa shape index (κ1) is 14.2. The Kier molecular flexibility index (Phi) is 4.66. The first-order chi connectivity index (χ1) is 9.04. The summed E-state index contributed by atoms with van der Waals surface area (Å²) in [6, 6.07) is 13.4. The smallest absolute Gasteiger partial charge is 0.228 e. The second-order valence-electron chi connectivity index (χ2n) is 4.37. The lowest BCUT2D eigenvalue weighted by atomic mass is 10.1. The van der Waals surface area contributed by atoms with E-state index >= 15 is 0 Å². The van der Waals surface area contributed by atoms with Gasteiger partial charge in [0.1, 0.15) is 0 Å². The molecule has 19 heavy (non-hydrogen) atoms. The van der Waals surface area contributed by atoms with Gasteiger partial charge in [-0.05, 0) is 58.2 Å². The van der Waals surface area contributed by atoms with Crippen molar-refractivity contribution in [2.24, 2.45) is 0 Å². The van der Waals surface area contributed by atoms with Crippen molar-refractivity contribution in [3.8, 4) is 0 Å². The minimum atomic E-state index is -0.0310. The highest BCUT2D eigenvalue weighted by Gasteiger charge is 2.06. The number of anilines is 1. The van der Waals surface area contributed by atoms with Crippen LogP contribution in [-0.4, -0.2) is 5.91 Å². The van der Waals surface area contributed by atoms with Gasteiger partial charge in [0.2, 0.25) is 5.91 Å². The second-order valence-corrected chi connectivity index (χ2v) is 5.75. The Bertz CT molecular complexity index is 596. The zero-order chi connectivity index (χ0) is 13.8. The van der Waals surface area contributed by atoms with Gasteiger partial charge < -0.3 is 5.32 Å². The Hall–Kier alpha value is -1.26. The molecule has 2 rings (SSSR count). The highest BCUT2D eigenvalue weighted by Crippen LogP contribution is 2.23. The molecule has 1 N–H and O–H groups in total. The van der Waals surface area contributed by atoms with E-state index in [-0.39, 0.29) is 5.91 Å². The lowest BCUT2D eigenvalue weighted by Crippen LogP contribution is -2.14. The summed E-state index contributed by atoms with van der Waals surface area (Å²) in [6.07, 6.45) is 0.356. The van der Waals surface area contributed by atoms with Crippen LogP contribution < -0.4 is 5.32 Å². The Morgan fingerprint density at radius 3 is 2.53 bits per heavy atom. The van der Waals surface area contributed by atoms with E-state index in [4.69, 9.17) is 0 Å². The molecule has 0 unspecified atom stereocenters. The van der Waals surface area contributed by atoms with E-state index in [1.54, 1.807) is 0 Å². The van der Waals surface area contributed by atoms with E-state index in [0.29, 0.717) is 6.42 Å². The molecule has 0 saturated heterocycles. The molecule has 2 aromatic rings. The molecule has 0 fully saturated rings. The quantitative estimate of drug-likeness (QED) is 0.807. The second kappa shape index (κ2) is 6.26. The van der Waals surface area contributed by atoms with E-state index in [1.165, 1.54) is 0 Å². The van der Waals surface area contributed by atoms with Crippen molar-refractivity contribution in [3.05, 3.63) is 58.1 Å². The van der Waals surface area contributed by atoms with Gasteiger partial charge >= 0.3 is 0 Å². The largest absolute Gasteiger partial charge is 0.325 e. The minimum Gasteiger partial charge on any atom is -0.325 e. The number of thiol groups is 1. The Labute approximate surface area is 126 Å². The van der Waals surface area contributed by atoms with Gasteiger partial charge in [-0.25, -0.2) is 0 Å². The lowest BCUT2D eigenvalue weighted by Gasteiger charge is -2.08. The average molecular weight is 336 g/mol. The van der Waals surface area contributed by atoms with Crippen molar-refractivity contribution in [1.82, 2.24) is 0 Å². The van der Waals surface area contributed by atoms with Gasteiger partial charge in [0.15, 0.2) is 0 Å². The van der Waals surface area contributed by atoms with E-state index in [1.807, 2.05) is 49.4 Å². The topological polar surface area (TPSA) is 29.1 Å². The van der Waals surface area contributed by atoms with E-state index in [0.717, 1.165) is 26.2 Å². The summed E-state index contributed by atoms with van der Waals surface area (Å²) in [7, 11) is 0. The van der Waals surface area contributed by atoms with Crippen LogP contribution in [0.2, 0.25) is 0 Å². The fourth-order valence-corrected chi connectivity index (χ4v) is 2.46. The van der Waals surface area contributed by atoms with Gasteiger partial charge in [-0.1, -0.05) is 18.2 Å². The first-order valence-corrected chi connectivity index (χ1v) is 7.12. The van der Waals surface area contributed by atoms with E-state index < -0.39 is 0 Å². The number of amides is 1. The molecule has 0 bridgehead atoms. The van der Waals surface area contributed by atoms with Crippen LogP contribution in [0.1, 0.15) is 11.1 Å². The number of carbonyl (C=O) groups is 1. The standard InChI is InChI=1S/C15H14BrNOS/c1-10-2-7-14(13(16)8-10)17-15(18)9-11-3-5-12(19)6-4-11/h2-8,19H,9H2,1H3,(H,17,18). The zero-order valence-electron chi connectivity index (χ0n) is 10.5. The van der Waals surface area contributed by atoms with Crippen LogP contribution in [0.15, 0.2) is 51.8 Å². The Balaban J connectivity index is 2.03. The van der Waals surface area contributed by atoms with Gasteiger partial charge in [-0.15, -0.1) is 12.6 Å². The van der Waals surface area contributed by atoms with Gasteiger partial charge in [-0.3, -0.25) is 4.79 Å². The first-order valence-electron chi connectivity index (χ1n) is 5.88. The van der Waals surface area contributed by atoms with Crippen LogP contribution in [0, 0.1) is 6.92 Å². The fraction of sp³-hybridized carbons (Fsp3) is 0.133. The number of hydrogen-bond donors (Lipinski definition) is 2. The minimum absolute atomic E-state index is 0.0310. The number of aryl methyl sites for hydroxylation is 1. The molecule has 98 valence electrons.